The van der Waals surface area contributed by atoms with E-state index in [1.807, 2.05) is 35.6 Å². The van der Waals surface area contributed by atoms with E-state index in [0.717, 1.165) is 30.1 Å². The molecule has 5 heteroatoms. The predicted molar refractivity (Wildman–Crippen MR) is 71.9 cm³/mol. The number of aryl methyl sites for hydroxylation is 1. The zero-order valence-corrected chi connectivity index (χ0v) is 10.8. The summed E-state index contributed by atoms with van der Waals surface area (Å²) in [6.07, 6.45) is 4.99. The zero-order valence-electron chi connectivity index (χ0n) is 9.96. The van der Waals surface area contributed by atoms with Crippen molar-refractivity contribution in [3.05, 3.63) is 24.2 Å². The van der Waals surface area contributed by atoms with Crippen LogP contribution in [-0.4, -0.2) is 39.2 Å². The van der Waals surface area contributed by atoms with Crippen LogP contribution in [0.15, 0.2) is 18.5 Å². The normalized spacial score (nSPS) is 17.4. The number of fused-ring (bicyclic) bond motifs is 1. The van der Waals surface area contributed by atoms with Gasteiger partial charge in [0.25, 0.3) is 0 Å². The van der Waals surface area contributed by atoms with Crippen LogP contribution in [0.3, 0.4) is 0 Å². The maximum Gasteiger partial charge on any atom is 0.154 e. The highest BCUT2D eigenvalue weighted by Crippen LogP contribution is 2.22. The number of anilines is 1. The molecule has 90 valence electrons. The molecular weight excluding hydrogens is 232 g/mol. The minimum absolute atomic E-state index is 1.04. The molecule has 2 aromatic rings. The standard InChI is InChI=1S/C12H16N4S/c1-10-9-11-12(13-3-5-16(11)14-10)15-4-2-7-17-8-6-15/h3,5,9H,2,4,6-8H2,1H3. The van der Waals surface area contributed by atoms with E-state index in [-0.39, 0.29) is 0 Å². The Hall–Kier alpha value is -1.23. The van der Waals surface area contributed by atoms with E-state index in [1.165, 1.54) is 17.9 Å². The summed E-state index contributed by atoms with van der Waals surface area (Å²) in [4.78, 5) is 6.93. The van der Waals surface area contributed by atoms with E-state index in [9.17, 15) is 0 Å². The number of rotatable bonds is 1. The summed E-state index contributed by atoms with van der Waals surface area (Å²) < 4.78 is 1.93. The minimum atomic E-state index is 1.04. The number of aromatic nitrogens is 3. The molecule has 3 rings (SSSR count). The lowest BCUT2D eigenvalue weighted by atomic mass is 10.3. The Labute approximate surface area is 105 Å². The van der Waals surface area contributed by atoms with Crippen LogP contribution in [0.5, 0.6) is 0 Å². The molecule has 0 saturated carbocycles. The van der Waals surface area contributed by atoms with Gasteiger partial charge in [-0.15, -0.1) is 0 Å². The zero-order chi connectivity index (χ0) is 11.7. The summed E-state index contributed by atoms with van der Waals surface area (Å²) in [6.45, 7) is 4.21. The summed E-state index contributed by atoms with van der Waals surface area (Å²) in [5.74, 6) is 3.53. The first-order valence-corrected chi connectivity index (χ1v) is 7.14. The van der Waals surface area contributed by atoms with Crippen LogP contribution in [0, 0.1) is 6.92 Å². The topological polar surface area (TPSA) is 33.4 Å². The molecule has 0 aliphatic carbocycles. The lowest BCUT2D eigenvalue weighted by molar-refractivity contribution is 0.796. The van der Waals surface area contributed by atoms with Crippen LogP contribution in [0.2, 0.25) is 0 Å². The third-order valence-electron chi connectivity index (χ3n) is 3.01. The van der Waals surface area contributed by atoms with E-state index in [2.05, 4.69) is 21.0 Å². The summed E-state index contributed by atoms with van der Waals surface area (Å²) in [5, 5.41) is 4.44. The van der Waals surface area contributed by atoms with Crippen LogP contribution in [0.1, 0.15) is 12.1 Å². The highest BCUT2D eigenvalue weighted by molar-refractivity contribution is 7.99. The third kappa shape index (κ3) is 2.11. The van der Waals surface area contributed by atoms with Gasteiger partial charge in [-0.2, -0.15) is 16.9 Å². The SMILES string of the molecule is Cc1cc2c(N3CCCSCC3)nccn2n1. The van der Waals surface area contributed by atoms with Gasteiger partial charge >= 0.3 is 0 Å². The van der Waals surface area contributed by atoms with Gasteiger partial charge < -0.3 is 4.90 Å². The van der Waals surface area contributed by atoms with E-state index in [1.54, 1.807) is 0 Å². The molecule has 0 radical (unpaired) electrons. The molecular formula is C12H16N4S. The van der Waals surface area contributed by atoms with Crippen LogP contribution in [0.4, 0.5) is 5.82 Å². The number of thioether (sulfide) groups is 1. The number of nitrogens with zero attached hydrogens (tertiary/aromatic N) is 4. The molecule has 17 heavy (non-hydrogen) atoms. The largest absolute Gasteiger partial charge is 0.354 e. The fourth-order valence-electron chi connectivity index (χ4n) is 2.23. The van der Waals surface area contributed by atoms with Crippen molar-refractivity contribution >= 4 is 23.1 Å². The average Bonchev–Trinajstić information content (AvgIpc) is 2.55. The summed E-state index contributed by atoms with van der Waals surface area (Å²) in [5.41, 5.74) is 2.17. The summed E-state index contributed by atoms with van der Waals surface area (Å²) in [6, 6.07) is 2.11. The van der Waals surface area contributed by atoms with Crippen LogP contribution in [0.25, 0.3) is 5.52 Å². The van der Waals surface area contributed by atoms with Crippen molar-refractivity contribution in [1.29, 1.82) is 0 Å². The molecule has 1 fully saturated rings. The first-order chi connectivity index (χ1) is 8.34. The monoisotopic (exact) mass is 248 g/mol. The predicted octanol–water partition coefficient (Wildman–Crippen LogP) is 1.98. The molecule has 0 unspecified atom stereocenters. The Morgan fingerprint density at radius 1 is 1.29 bits per heavy atom. The molecule has 0 amide bonds. The van der Waals surface area contributed by atoms with Crippen molar-refractivity contribution in [2.75, 3.05) is 29.5 Å². The maximum absolute atomic E-state index is 4.54. The van der Waals surface area contributed by atoms with Crippen molar-refractivity contribution in [3.63, 3.8) is 0 Å². The van der Waals surface area contributed by atoms with Crippen molar-refractivity contribution < 1.29 is 0 Å². The summed E-state index contributed by atoms with van der Waals surface area (Å²) >= 11 is 2.03. The van der Waals surface area contributed by atoms with E-state index in [4.69, 9.17) is 0 Å². The first kappa shape index (κ1) is 10.9. The van der Waals surface area contributed by atoms with Gasteiger partial charge in [0.2, 0.25) is 0 Å². The fraction of sp³-hybridized carbons (Fsp3) is 0.500. The Balaban J connectivity index is 2.03. The Morgan fingerprint density at radius 2 is 2.24 bits per heavy atom. The van der Waals surface area contributed by atoms with Gasteiger partial charge in [0.1, 0.15) is 5.52 Å². The Bertz CT molecular complexity index is 514. The second kappa shape index (κ2) is 4.56. The Kier molecular flexibility index (Phi) is 2.93. The number of hydrogen-bond donors (Lipinski definition) is 0. The van der Waals surface area contributed by atoms with Gasteiger partial charge in [-0.25, -0.2) is 9.50 Å². The van der Waals surface area contributed by atoms with Gasteiger partial charge in [-0.05, 0) is 25.2 Å². The van der Waals surface area contributed by atoms with Crippen LogP contribution in [-0.2, 0) is 0 Å². The average molecular weight is 248 g/mol. The lowest BCUT2D eigenvalue weighted by Gasteiger charge is -2.21. The molecule has 1 aliphatic heterocycles. The molecule has 0 bridgehead atoms. The molecule has 1 saturated heterocycles. The third-order valence-corrected chi connectivity index (χ3v) is 4.06. The summed E-state index contributed by atoms with van der Waals surface area (Å²) in [7, 11) is 0. The second-order valence-electron chi connectivity index (χ2n) is 4.32. The lowest BCUT2D eigenvalue weighted by Crippen LogP contribution is -2.26. The van der Waals surface area contributed by atoms with Gasteiger partial charge in [-0.3, -0.25) is 0 Å². The van der Waals surface area contributed by atoms with Crippen molar-refractivity contribution in [3.8, 4) is 0 Å². The molecule has 4 nitrogen and oxygen atoms in total. The molecule has 3 heterocycles. The van der Waals surface area contributed by atoms with Crippen molar-refractivity contribution in [2.45, 2.75) is 13.3 Å². The van der Waals surface area contributed by atoms with Crippen molar-refractivity contribution in [2.24, 2.45) is 0 Å². The number of hydrogen-bond acceptors (Lipinski definition) is 4. The minimum Gasteiger partial charge on any atom is -0.354 e. The quantitative estimate of drug-likeness (QED) is 0.772. The molecule has 1 aliphatic rings. The second-order valence-corrected chi connectivity index (χ2v) is 5.54. The smallest absolute Gasteiger partial charge is 0.154 e. The highest BCUT2D eigenvalue weighted by Gasteiger charge is 2.15. The van der Waals surface area contributed by atoms with Gasteiger partial charge in [0, 0.05) is 31.2 Å². The van der Waals surface area contributed by atoms with Gasteiger partial charge in [0.05, 0.1) is 5.69 Å². The molecule has 0 N–H and O–H groups in total. The van der Waals surface area contributed by atoms with E-state index >= 15 is 0 Å². The van der Waals surface area contributed by atoms with Crippen LogP contribution >= 0.6 is 11.8 Å². The van der Waals surface area contributed by atoms with E-state index in [0.29, 0.717) is 0 Å². The highest BCUT2D eigenvalue weighted by atomic mass is 32.2. The van der Waals surface area contributed by atoms with Gasteiger partial charge in [0.15, 0.2) is 5.82 Å². The first-order valence-electron chi connectivity index (χ1n) is 5.98. The fourth-order valence-corrected chi connectivity index (χ4v) is 3.12. The van der Waals surface area contributed by atoms with Crippen molar-refractivity contribution in [1.82, 2.24) is 14.6 Å². The van der Waals surface area contributed by atoms with E-state index < -0.39 is 0 Å². The maximum atomic E-state index is 4.54. The molecule has 0 aromatic carbocycles. The molecule has 2 aromatic heterocycles. The Morgan fingerprint density at radius 3 is 3.18 bits per heavy atom. The van der Waals surface area contributed by atoms with Crippen LogP contribution < -0.4 is 4.90 Å². The van der Waals surface area contributed by atoms with Gasteiger partial charge in [-0.1, -0.05) is 0 Å². The molecule has 0 spiro atoms. The molecule has 0 atom stereocenters.